The Labute approximate surface area is 158 Å². The van der Waals surface area contributed by atoms with Gasteiger partial charge in [0.25, 0.3) is 0 Å². The molecule has 2 aromatic carbocycles. The molecule has 3 rings (SSSR count). The molecule has 1 heterocycles. The topological polar surface area (TPSA) is 88.1 Å². The van der Waals surface area contributed by atoms with Gasteiger partial charge in [0.1, 0.15) is 5.71 Å². The van der Waals surface area contributed by atoms with Crippen LogP contribution in [-0.2, 0) is 19.7 Å². The van der Waals surface area contributed by atoms with E-state index >= 15 is 0 Å². The van der Waals surface area contributed by atoms with E-state index in [9.17, 15) is 13.2 Å². The number of rotatable bonds is 5. The van der Waals surface area contributed by atoms with Crippen molar-refractivity contribution in [2.24, 2.45) is 5.16 Å². The molecule has 0 bridgehead atoms. The average molecular weight is 385 g/mol. The van der Waals surface area contributed by atoms with Crippen molar-refractivity contribution in [2.45, 2.75) is 0 Å². The van der Waals surface area contributed by atoms with E-state index in [1.807, 2.05) is 43.3 Å². The predicted octanol–water partition coefficient (Wildman–Crippen LogP) is 2.47. The Bertz CT molecular complexity index is 1020. The first-order valence-corrected chi connectivity index (χ1v) is 9.99. The van der Waals surface area contributed by atoms with Crippen molar-refractivity contribution < 1.29 is 18.0 Å². The molecule has 27 heavy (non-hydrogen) atoms. The van der Waals surface area contributed by atoms with Gasteiger partial charge in [0.05, 0.1) is 11.8 Å². The van der Waals surface area contributed by atoms with E-state index in [-0.39, 0.29) is 0 Å². The highest BCUT2D eigenvalue weighted by Crippen LogP contribution is 2.23. The van der Waals surface area contributed by atoms with E-state index in [0.29, 0.717) is 22.5 Å². The van der Waals surface area contributed by atoms with Crippen LogP contribution in [-0.4, -0.2) is 40.4 Å². The van der Waals surface area contributed by atoms with Crippen LogP contribution in [0.3, 0.4) is 0 Å². The van der Waals surface area contributed by atoms with Gasteiger partial charge in [-0.15, -0.1) is 0 Å². The zero-order valence-electron chi connectivity index (χ0n) is 15.1. The van der Waals surface area contributed by atoms with Gasteiger partial charge in [-0.3, -0.25) is 4.72 Å². The van der Waals surface area contributed by atoms with Crippen LogP contribution < -0.4 is 9.62 Å². The molecule has 0 fully saturated rings. The van der Waals surface area contributed by atoms with E-state index < -0.39 is 16.0 Å². The third kappa shape index (κ3) is 4.53. The maximum Gasteiger partial charge on any atom is 0.368 e. The largest absolute Gasteiger partial charge is 0.378 e. The molecule has 7 nitrogen and oxygen atoms in total. The molecule has 1 aliphatic heterocycles. The number of sulfonamides is 1. The predicted molar refractivity (Wildman–Crippen MR) is 106 cm³/mol. The molecule has 0 radical (unpaired) electrons. The van der Waals surface area contributed by atoms with Crippen molar-refractivity contribution in [1.29, 1.82) is 0 Å². The summed E-state index contributed by atoms with van der Waals surface area (Å²) in [5.41, 5.74) is 3.72. The summed E-state index contributed by atoms with van der Waals surface area (Å²) in [6, 6.07) is 14.3. The smallest absolute Gasteiger partial charge is 0.368 e. The molecule has 0 atom stereocenters. The number of anilines is 2. The lowest BCUT2D eigenvalue weighted by molar-refractivity contribution is -0.136. The number of nitrogens with one attached hydrogen (secondary N) is 1. The zero-order chi connectivity index (χ0) is 19.6. The van der Waals surface area contributed by atoms with Crippen molar-refractivity contribution >= 4 is 39.2 Å². The van der Waals surface area contributed by atoms with Crippen LogP contribution in [0.1, 0.15) is 11.1 Å². The molecule has 140 valence electrons. The minimum atomic E-state index is -3.35. The Kier molecular flexibility index (Phi) is 5.00. The Morgan fingerprint density at radius 3 is 2.22 bits per heavy atom. The zero-order valence-corrected chi connectivity index (χ0v) is 15.9. The van der Waals surface area contributed by atoms with Crippen molar-refractivity contribution in [2.75, 3.05) is 30.0 Å². The fourth-order valence-electron chi connectivity index (χ4n) is 2.56. The summed E-state index contributed by atoms with van der Waals surface area (Å²) >= 11 is 0. The SMILES string of the molecule is CN(C)c1ccc(C=C2C(=O)ON=C2c2ccc(NS(C)(=O)=O)cc2)cc1. The third-order valence-electron chi connectivity index (χ3n) is 3.88. The second-order valence-corrected chi connectivity index (χ2v) is 8.06. The molecule has 2 aromatic rings. The fourth-order valence-corrected chi connectivity index (χ4v) is 3.13. The Hall–Kier alpha value is -3.13. The molecule has 0 saturated heterocycles. The van der Waals surface area contributed by atoms with E-state index in [2.05, 4.69) is 9.88 Å². The van der Waals surface area contributed by atoms with Gasteiger partial charge in [0, 0.05) is 31.0 Å². The number of hydrogen-bond donors (Lipinski definition) is 1. The van der Waals surface area contributed by atoms with Gasteiger partial charge in [-0.05, 0) is 35.9 Å². The lowest BCUT2D eigenvalue weighted by atomic mass is 10.0. The van der Waals surface area contributed by atoms with Crippen molar-refractivity contribution in [3.63, 3.8) is 0 Å². The molecular weight excluding hydrogens is 366 g/mol. The second kappa shape index (κ2) is 7.24. The van der Waals surface area contributed by atoms with E-state index in [1.165, 1.54) is 0 Å². The van der Waals surface area contributed by atoms with Crippen LogP contribution in [0.2, 0.25) is 0 Å². The van der Waals surface area contributed by atoms with Crippen LogP contribution in [0, 0.1) is 0 Å². The number of carbonyl (C=O) groups is 1. The van der Waals surface area contributed by atoms with Crippen LogP contribution >= 0.6 is 0 Å². The number of benzene rings is 2. The minimum absolute atomic E-state index is 0.344. The number of oxime groups is 1. The molecule has 8 heteroatoms. The number of carbonyl (C=O) groups excluding carboxylic acids is 1. The van der Waals surface area contributed by atoms with Gasteiger partial charge in [-0.25, -0.2) is 13.2 Å². The highest BCUT2D eigenvalue weighted by Gasteiger charge is 2.26. The quantitative estimate of drug-likeness (QED) is 0.631. The highest BCUT2D eigenvalue weighted by molar-refractivity contribution is 7.92. The van der Waals surface area contributed by atoms with Gasteiger partial charge < -0.3 is 9.74 Å². The number of nitrogens with zero attached hydrogens (tertiary/aromatic N) is 2. The summed E-state index contributed by atoms with van der Waals surface area (Å²) in [5.74, 6) is -0.528. The van der Waals surface area contributed by atoms with Crippen LogP contribution in [0.4, 0.5) is 11.4 Å². The fraction of sp³-hybridized carbons (Fsp3) is 0.158. The first-order chi connectivity index (χ1) is 12.7. The molecule has 0 saturated carbocycles. The van der Waals surface area contributed by atoms with Gasteiger partial charge in [-0.2, -0.15) is 0 Å². The molecule has 1 N–H and O–H groups in total. The summed E-state index contributed by atoms with van der Waals surface area (Å²) in [6.07, 6.45) is 2.80. The maximum atomic E-state index is 12.1. The third-order valence-corrected chi connectivity index (χ3v) is 4.48. The van der Waals surface area contributed by atoms with Gasteiger partial charge >= 0.3 is 5.97 Å². The van der Waals surface area contributed by atoms with E-state index in [1.54, 1.807) is 30.3 Å². The summed E-state index contributed by atoms with van der Waals surface area (Å²) in [4.78, 5) is 18.9. The monoisotopic (exact) mass is 385 g/mol. The van der Waals surface area contributed by atoms with Gasteiger partial charge in [0.2, 0.25) is 10.0 Å². The highest BCUT2D eigenvalue weighted by atomic mass is 32.2. The molecular formula is C19H19N3O4S. The molecule has 0 spiro atoms. The van der Waals surface area contributed by atoms with Crippen LogP contribution in [0.5, 0.6) is 0 Å². The standard InChI is InChI=1S/C19H19N3O4S/c1-22(2)16-10-4-13(5-11-16)12-17-18(20-26-19(17)23)14-6-8-15(9-7-14)21-27(3,24)25/h4-12,21H,1-3H3. The van der Waals surface area contributed by atoms with E-state index in [4.69, 9.17) is 4.84 Å². The lowest BCUT2D eigenvalue weighted by Gasteiger charge is -2.12. The van der Waals surface area contributed by atoms with Crippen molar-refractivity contribution in [3.8, 4) is 0 Å². The molecule has 0 aromatic heterocycles. The van der Waals surface area contributed by atoms with Gasteiger partial charge in [0.15, 0.2) is 0 Å². The van der Waals surface area contributed by atoms with Gasteiger partial charge in [-0.1, -0.05) is 29.4 Å². The molecule has 0 unspecified atom stereocenters. The Morgan fingerprint density at radius 2 is 1.67 bits per heavy atom. The van der Waals surface area contributed by atoms with E-state index in [0.717, 1.165) is 17.5 Å². The minimum Gasteiger partial charge on any atom is -0.378 e. The normalized spacial score (nSPS) is 15.4. The molecule has 1 aliphatic rings. The summed E-state index contributed by atoms with van der Waals surface area (Å²) in [7, 11) is 0.554. The Morgan fingerprint density at radius 1 is 1.04 bits per heavy atom. The first-order valence-electron chi connectivity index (χ1n) is 8.10. The summed E-state index contributed by atoms with van der Waals surface area (Å²) in [5, 5.41) is 3.87. The second-order valence-electron chi connectivity index (χ2n) is 6.31. The van der Waals surface area contributed by atoms with Crippen molar-refractivity contribution in [3.05, 3.63) is 65.2 Å². The van der Waals surface area contributed by atoms with Crippen molar-refractivity contribution in [1.82, 2.24) is 0 Å². The Balaban J connectivity index is 1.88. The average Bonchev–Trinajstić information content (AvgIpc) is 2.95. The summed E-state index contributed by atoms with van der Waals surface area (Å²) in [6.45, 7) is 0. The molecule has 0 aliphatic carbocycles. The maximum absolute atomic E-state index is 12.1. The molecule has 0 amide bonds. The van der Waals surface area contributed by atoms with Crippen LogP contribution in [0.25, 0.3) is 6.08 Å². The van der Waals surface area contributed by atoms with Crippen LogP contribution in [0.15, 0.2) is 59.3 Å². The lowest BCUT2D eigenvalue weighted by Crippen LogP contribution is -2.10. The summed E-state index contributed by atoms with van der Waals surface area (Å²) < 4.78 is 25.0. The first kappa shape index (κ1) is 18.7. The number of hydrogen-bond acceptors (Lipinski definition) is 6.